The number of pyridine rings is 1. The Kier molecular flexibility index (Phi) is 8.23. The zero-order chi connectivity index (χ0) is 13.9. The summed E-state index contributed by atoms with van der Waals surface area (Å²) in [5, 5.41) is 3.41. The number of methoxy groups -OCH3 is 1. The quantitative estimate of drug-likeness (QED) is 0.656. The standard InChI is InChI=1S/C16H28N2O/c1-4-5-6-7-8-9-15(17-2)12-14-10-11-16(19-3)18-13-14/h10-11,13,15,17H,4-9,12H2,1-3H3. The van der Waals surface area contributed by atoms with Crippen molar-refractivity contribution in [3.63, 3.8) is 0 Å². The maximum atomic E-state index is 5.08. The average Bonchev–Trinajstić information content (AvgIpc) is 2.46. The van der Waals surface area contributed by atoms with Crippen molar-refractivity contribution in [2.24, 2.45) is 0 Å². The molecule has 1 aromatic rings. The third-order valence-corrected chi connectivity index (χ3v) is 3.55. The molecular weight excluding hydrogens is 236 g/mol. The molecule has 0 saturated heterocycles. The highest BCUT2D eigenvalue weighted by molar-refractivity contribution is 5.18. The number of unbranched alkanes of at least 4 members (excludes halogenated alkanes) is 4. The van der Waals surface area contributed by atoms with Crippen molar-refractivity contribution < 1.29 is 4.74 Å². The molecule has 0 spiro atoms. The van der Waals surface area contributed by atoms with Gasteiger partial charge in [-0.15, -0.1) is 0 Å². The molecule has 1 rings (SSSR count). The second-order valence-corrected chi connectivity index (χ2v) is 5.10. The molecule has 0 radical (unpaired) electrons. The van der Waals surface area contributed by atoms with Crippen LogP contribution in [0.25, 0.3) is 0 Å². The molecular formula is C16H28N2O. The molecule has 1 N–H and O–H groups in total. The van der Waals surface area contributed by atoms with E-state index in [9.17, 15) is 0 Å². The number of ether oxygens (including phenoxy) is 1. The first kappa shape index (κ1) is 16.0. The van der Waals surface area contributed by atoms with Crippen LogP contribution in [0.2, 0.25) is 0 Å². The Morgan fingerprint density at radius 1 is 1.21 bits per heavy atom. The van der Waals surface area contributed by atoms with Crippen LogP contribution in [-0.4, -0.2) is 25.2 Å². The van der Waals surface area contributed by atoms with E-state index in [4.69, 9.17) is 4.74 Å². The summed E-state index contributed by atoms with van der Waals surface area (Å²) in [4.78, 5) is 4.26. The van der Waals surface area contributed by atoms with Crippen molar-refractivity contribution in [3.05, 3.63) is 23.9 Å². The van der Waals surface area contributed by atoms with Gasteiger partial charge in [0, 0.05) is 18.3 Å². The van der Waals surface area contributed by atoms with Gasteiger partial charge in [0.25, 0.3) is 0 Å². The first-order valence-electron chi connectivity index (χ1n) is 7.46. The van der Waals surface area contributed by atoms with Crippen LogP contribution in [0.15, 0.2) is 18.3 Å². The summed E-state index contributed by atoms with van der Waals surface area (Å²) in [6, 6.07) is 4.59. The van der Waals surface area contributed by atoms with Crippen molar-refractivity contribution in [1.82, 2.24) is 10.3 Å². The third kappa shape index (κ3) is 6.58. The van der Waals surface area contributed by atoms with E-state index in [1.807, 2.05) is 19.3 Å². The van der Waals surface area contributed by atoms with Crippen molar-refractivity contribution in [2.75, 3.05) is 14.2 Å². The molecule has 0 aliphatic heterocycles. The summed E-state index contributed by atoms with van der Waals surface area (Å²) in [7, 11) is 3.70. The van der Waals surface area contributed by atoms with Crippen LogP contribution < -0.4 is 10.1 Å². The predicted octanol–water partition coefficient (Wildman–Crippen LogP) is 3.58. The van der Waals surface area contributed by atoms with E-state index >= 15 is 0 Å². The largest absolute Gasteiger partial charge is 0.481 e. The molecule has 0 aromatic carbocycles. The van der Waals surface area contributed by atoms with Gasteiger partial charge in [0.2, 0.25) is 5.88 Å². The number of nitrogens with zero attached hydrogens (tertiary/aromatic N) is 1. The van der Waals surface area contributed by atoms with Crippen molar-refractivity contribution >= 4 is 0 Å². The minimum atomic E-state index is 0.553. The van der Waals surface area contributed by atoms with Gasteiger partial charge in [-0.2, -0.15) is 0 Å². The summed E-state index contributed by atoms with van der Waals surface area (Å²) in [6.45, 7) is 2.26. The highest BCUT2D eigenvalue weighted by Gasteiger charge is 2.07. The molecule has 0 fully saturated rings. The number of likely N-dealkylation sites (N-methyl/N-ethyl adjacent to an activating group) is 1. The van der Waals surface area contributed by atoms with Gasteiger partial charge in [0.1, 0.15) is 0 Å². The van der Waals surface area contributed by atoms with E-state index in [0.29, 0.717) is 11.9 Å². The number of rotatable bonds is 10. The van der Waals surface area contributed by atoms with Crippen LogP contribution in [0.5, 0.6) is 5.88 Å². The molecule has 1 heterocycles. The topological polar surface area (TPSA) is 34.1 Å². The van der Waals surface area contributed by atoms with Crippen LogP contribution in [0, 0.1) is 0 Å². The lowest BCUT2D eigenvalue weighted by Crippen LogP contribution is -2.27. The fourth-order valence-electron chi connectivity index (χ4n) is 2.28. The minimum absolute atomic E-state index is 0.553. The molecule has 0 amide bonds. The van der Waals surface area contributed by atoms with Crippen LogP contribution in [-0.2, 0) is 6.42 Å². The normalized spacial score (nSPS) is 12.4. The number of aromatic nitrogens is 1. The molecule has 0 bridgehead atoms. The van der Waals surface area contributed by atoms with E-state index in [2.05, 4.69) is 23.3 Å². The van der Waals surface area contributed by atoms with Crippen LogP contribution >= 0.6 is 0 Å². The first-order chi connectivity index (χ1) is 9.30. The SMILES string of the molecule is CCCCCCCC(Cc1ccc(OC)nc1)NC. The molecule has 0 aliphatic rings. The van der Waals surface area contributed by atoms with E-state index in [-0.39, 0.29) is 0 Å². The molecule has 1 atom stereocenters. The van der Waals surface area contributed by atoms with Crippen molar-refractivity contribution in [3.8, 4) is 5.88 Å². The third-order valence-electron chi connectivity index (χ3n) is 3.55. The Morgan fingerprint density at radius 2 is 2.00 bits per heavy atom. The molecule has 1 unspecified atom stereocenters. The van der Waals surface area contributed by atoms with E-state index in [0.717, 1.165) is 6.42 Å². The van der Waals surface area contributed by atoms with Crippen molar-refractivity contribution in [1.29, 1.82) is 0 Å². The Balaban J connectivity index is 2.30. The van der Waals surface area contributed by atoms with Gasteiger partial charge in [0.05, 0.1) is 7.11 Å². The second-order valence-electron chi connectivity index (χ2n) is 5.10. The highest BCUT2D eigenvalue weighted by Crippen LogP contribution is 2.13. The van der Waals surface area contributed by atoms with Gasteiger partial charge in [-0.1, -0.05) is 45.1 Å². The molecule has 108 valence electrons. The predicted molar refractivity (Wildman–Crippen MR) is 80.7 cm³/mol. The van der Waals surface area contributed by atoms with Crippen LogP contribution in [0.1, 0.15) is 51.0 Å². The van der Waals surface area contributed by atoms with Gasteiger partial charge < -0.3 is 10.1 Å². The Bertz CT molecular complexity index is 324. The molecule has 0 aliphatic carbocycles. The van der Waals surface area contributed by atoms with Gasteiger partial charge in [0.15, 0.2) is 0 Å². The van der Waals surface area contributed by atoms with Gasteiger partial charge in [-0.05, 0) is 25.5 Å². The van der Waals surface area contributed by atoms with Crippen LogP contribution in [0.3, 0.4) is 0 Å². The lowest BCUT2D eigenvalue weighted by molar-refractivity contribution is 0.397. The van der Waals surface area contributed by atoms with E-state index in [1.165, 1.54) is 44.1 Å². The summed E-state index contributed by atoms with van der Waals surface area (Å²) >= 11 is 0. The lowest BCUT2D eigenvalue weighted by Gasteiger charge is -2.16. The zero-order valence-corrected chi connectivity index (χ0v) is 12.6. The Labute approximate surface area is 117 Å². The summed E-state index contributed by atoms with van der Waals surface area (Å²) in [5.41, 5.74) is 1.27. The van der Waals surface area contributed by atoms with E-state index < -0.39 is 0 Å². The lowest BCUT2D eigenvalue weighted by atomic mass is 10.0. The van der Waals surface area contributed by atoms with Gasteiger partial charge in [-0.25, -0.2) is 4.98 Å². The fraction of sp³-hybridized carbons (Fsp3) is 0.688. The maximum absolute atomic E-state index is 5.08. The maximum Gasteiger partial charge on any atom is 0.212 e. The summed E-state index contributed by atoms with van der Waals surface area (Å²) < 4.78 is 5.08. The first-order valence-corrected chi connectivity index (χ1v) is 7.46. The summed E-state index contributed by atoms with van der Waals surface area (Å²) in [6.07, 6.45) is 10.9. The fourth-order valence-corrected chi connectivity index (χ4v) is 2.28. The molecule has 0 saturated carbocycles. The van der Waals surface area contributed by atoms with Gasteiger partial charge in [-0.3, -0.25) is 0 Å². The average molecular weight is 264 g/mol. The van der Waals surface area contributed by atoms with E-state index in [1.54, 1.807) is 7.11 Å². The monoisotopic (exact) mass is 264 g/mol. The molecule has 3 heteroatoms. The Morgan fingerprint density at radius 3 is 2.58 bits per heavy atom. The second kappa shape index (κ2) is 9.79. The minimum Gasteiger partial charge on any atom is -0.481 e. The summed E-state index contributed by atoms with van der Waals surface area (Å²) in [5.74, 6) is 0.685. The number of nitrogens with one attached hydrogen (secondary N) is 1. The molecule has 19 heavy (non-hydrogen) atoms. The number of hydrogen-bond donors (Lipinski definition) is 1. The zero-order valence-electron chi connectivity index (χ0n) is 12.6. The molecule has 1 aromatic heterocycles. The van der Waals surface area contributed by atoms with Crippen LogP contribution in [0.4, 0.5) is 0 Å². The highest BCUT2D eigenvalue weighted by atomic mass is 16.5. The Hall–Kier alpha value is -1.09. The molecule has 3 nitrogen and oxygen atoms in total. The number of hydrogen-bond acceptors (Lipinski definition) is 3. The van der Waals surface area contributed by atoms with Gasteiger partial charge >= 0.3 is 0 Å². The smallest absolute Gasteiger partial charge is 0.212 e. The van der Waals surface area contributed by atoms with Crippen molar-refractivity contribution in [2.45, 2.75) is 57.9 Å².